The Bertz CT molecular complexity index is 1570. The average Bonchev–Trinajstić information content (AvgIpc) is 3.02. The maximum Gasteiger partial charge on any atom is 0.241 e. The Labute approximate surface area is 256 Å². The number of sulfonamides is 1. The van der Waals surface area contributed by atoms with E-state index in [1.807, 2.05) is 97.9 Å². The number of ketones is 1. The fraction of sp³-hybridized carbons (Fsp3) is 0.343. The monoisotopic (exact) mass is 601 g/mol. The summed E-state index contributed by atoms with van der Waals surface area (Å²) in [4.78, 5) is 17.1. The minimum Gasteiger partial charge on any atom is -0.494 e. The summed E-state index contributed by atoms with van der Waals surface area (Å²) in [6, 6.07) is 27.8. The highest BCUT2D eigenvalue weighted by Crippen LogP contribution is 2.30. The van der Waals surface area contributed by atoms with Gasteiger partial charge >= 0.3 is 0 Å². The van der Waals surface area contributed by atoms with Crippen molar-refractivity contribution >= 4 is 32.3 Å². The highest BCUT2D eigenvalue weighted by Gasteiger charge is 2.18. The Morgan fingerprint density at radius 1 is 0.698 bits per heavy atom. The number of anilines is 1. The van der Waals surface area contributed by atoms with Gasteiger partial charge in [0.05, 0.1) is 11.5 Å². The molecule has 7 nitrogen and oxygen atoms in total. The molecule has 0 aliphatic carbocycles. The number of carbonyl (C=O) groups is 1. The number of carbonyl (C=O) groups excluding carboxylic acids is 1. The van der Waals surface area contributed by atoms with Crippen LogP contribution >= 0.6 is 0 Å². The van der Waals surface area contributed by atoms with Crippen LogP contribution in [0.3, 0.4) is 0 Å². The van der Waals surface area contributed by atoms with E-state index in [9.17, 15) is 13.2 Å². The summed E-state index contributed by atoms with van der Waals surface area (Å²) in [6.45, 7) is 2.85. The van der Waals surface area contributed by atoms with Gasteiger partial charge in [-0.3, -0.25) is 4.79 Å². The van der Waals surface area contributed by atoms with Crippen LogP contribution in [0, 0.1) is 0 Å². The van der Waals surface area contributed by atoms with Crippen LogP contribution in [0.5, 0.6) is 5.75 Å². The summed E-state index contributed by atoms with van der Waals surface area (Å²) in [7, 11) is 2.39. The Morgan fingerprint density at radius 2 is 1.35 bits per heavy atom. The molecular weight excluding hydrogens is 558 g/mol. The van der Waals surface area contributed by atoms with Crippen molar-refractivity contribution in [2.45, 2.75) is 37.0 Å². The van der Waals surface area contributed by atoms with Crippen LogP contribution in [0.2, 0.25) is 0 Å². The average molecular weight is 602 g/mol. The van der Waals surface area contributed by atoms with Crippen LogP contribution in [0.1, 0.15) is 48.0 Å². The fourth-order valence-corrected chi connectivity index (χ4v) is 6.41. The van der Waals surface area contributed by atoms with Gasteiger partial charge in [0.15, 0.2) is 5.78 Å². The zero-order valence-electron chi connectivity index (χ0n) is 25.5. The molecule has 228 valence electrons. The highest BCUT2D eigenvalue weighted by molar-refractivity contribution is 7.89. The number of hydrogen-bond donors (Lipinski definition) is 1. The van der Waals surface area contributed by atoms with Crippen molar-refractivity contribution in [3.63, 3.8) is 0 Å². The van der Waals surface area contributed by atoms with E-state index in [4.69, 9.17) is 4.74 Å². The number of nitrogens with one attached hydrogen (secondary N) is 1. The fourth-order valence-electron chi connectivity index (χ4n) is 5.12. The molecule has 0 fully saturated rings. The van der Waals surface area contributed by atoms with Gasteiger partial charge in [0, 0.05) is 48.2 Å². The molecule has 0 radical (unpaired) electrons. The number of benzene rings is 4. The Hall–Kier alpha value is -3.72. The molecule has 0 bridgehead atoms. The van der Waals surface area contributed by atoms with Crippen LogP contribution in [0.4, 0.5) is 5.69 Å². The standard InChI is InChI=1S/C35H43N3O4S/c1-37(2)33-18-11-17-32-31(33)16-12-19-34(32)43(40,41)36-24-13-26-38(3)25-9-4-5-10-27-42-30-22-20-29(21-23-30)35(39)28-14-7-6-8-15-28/h6-8,11-12,14-23,36H,4-5,9-10,13,24-27H2,1-3H3. The SMILES string of the molecule is CN(CCCCCCOc1ccc(C(=O)c2ccccc2)cc1)CCCNS(=O)(=O)c1cccc2c(N(C)C)cccc12. The minimum absolute atomic E-state index is 0.0122. The molecule has 0 spiro atoms. The van der Waals surface area contributed by atoms with Gasteiger partial charge < -0.3 is 14.5 Å². The maximum atomic E-state index is 13.1. The molecule has 0 aliphatic heterocycles. The van der Waals surface area contributed by atoms with Crippen molar-refractivity contribution in [3.8, 4) is 5.75 Å². The molecule has 0 aromatic heterocycles. The molecule has 1 N–H and O–H groups in total. The zero-order chi connectivity index (χ0) is 30.7. The van der Waals surface area contributed by atoms with Crippen LogP contribution in [0.25, 0.3) is 10.8 Å². The Balaban J connectivity index is 1.09. The normalized spacial score (nSPS) is 11.6. The third-order valence-electron chi connectivity index (χ3n) is 7.49. The van der Waals surface area contributed by atoms with Gasteiger partial charge in [0.25, 0.3) is 0 Å². The van der Waals surface area contributed by atoms with E-state index < -0.39 is 10.0 Å². The van der Waals surface area contributed by atoms with Crippen molar-refractivity contribution in [2.24, 2.45) is 0 Å². The smallest absolute Gasteiger partial charge is 0.241 e. The van der Waals surface area contributed by atoms with Gasteiger partial charge in [-0.2, -0.15) is 0 Å². The third-order valence-corrected chi connectivity index (χ3v) is 9.01. The van der Waals surface area contributed by atoms with Gasteiger partial charge in [-0.1, -0.05) is 67.4 Å². The summed E-state index contributed by atoms with van der Waals surface area (Å²) in [5, 5.41) is 1.66. The molecule has 0 unspecified atom stereocenters. The van der Waals surface area contributed by atoms with Crippen molar-refractivity contribution in [1.29, 1.82) is 0 Å². The zero-order valence-corrected chi connectivity index (χ0v) is 26.3. The molecule has 4 rings (SSSR count). The largest absolute Gasteiger partial charge is 0.494 e. The molecule has 0 saturated carbocycles. The first-order valence-electron chi connectivity index (χ1n) is 15.0. The number of ether oxygens (including phenoxy) is 1. The predicted octanol–water partition coefficient (Wildman–Crippen LogP) is 6.38. The van der Waals surface area contributed by atoms with Crippen molar-refractivity contribution < 1.29 is 17.9 Å². The molecule has 0 heterocycles. The van der Waals surface area contributed by atoms with Crippen LogP contribution in [0.15, 0.2) is 95.9 Å². The van der Waals surface area contributed by atoms with Gasteiger partial charge in [0.1, 0.15) is 5.75 Å². The van der Waals surface area contributed by atoms with Gasteiger partial charge in [-0.25, -0.2) is 13.1 Å². The van der Waals surface area contributed by atoms with Gasteiger partial charge in [-0.05, 0) is 75.8 Å². The summed E-state index contributed by atoms with van der Waals surface area (Å²) in [6.07, 6.45) is 5.00. The number of nitrogens with zero attached hydrogens (tertiary/aromatic N) is 2. The van der Waals surface area contributed by atoms with Crippen LogP contribution < -0.4 is 14.4 Å². The summed E-state index contributed by atoms with van der Waals surface area (Å²) < 4.78 is 34.8. The van der Waals surface area contributed by atoms with E-state index in [-0.39, 0.29) is 5.78 Å². The topological polar surface area (TPSA) is 79.0 Å². The molecule has 0 atom stereocenters. The molecule has 0 aliphatic rings. The van der Waals surface area contributed by atoms with Crippen molar-refractivity contribution in [2.75, 3.05) is 52.3 Å². The Kier molecular flexibility index (Phi) is 11.7. The van der Waals surface area contributed by atoms with E-state index in [1.54, 1.807) is 12.1 Å². The van der Waals surface area contributed by atoms with Crippen molar-refractivity contribution in [3.05, 3.63) is 102 Å². The summed E-state index contributed by atoms with van der Waals surface area (Å²) >= 11 is 0. The second kappa shape index (κ2) is 15.7. The lowest BCUT2D eigenvalue weighted by Crippen LogP contribution is -2.29. The van der Waals surface area contributed by atoms with Crippen LogP contribution in [-0.4, -0.2) is 66.5 Å². The molecule has 0 amide bonds. The number of hydrogen-bond acceptors (Lipinski definition) is 6. The lowest BCUT2D eigenvalue weighted by molar-refractivity contribution is 0.103. The second-order valence-electron chi connectivity index (χ2n) is 11.1. The third kappa shape index (κ3) is 9.13. The van der Waals surface area contributed by atoms with Gasteiger partial charge in [-0.15, -0.1) is 0 Å². The maximum absolute atomic E-state index is 13.1. The molecular formula is C35H43N3O4S. The summed E-state index contributed by atoms with van der Waals surface area (Å²) in [5.41, 5.74) is 2.33. The Morgan fingerprint density at radius 3 is 2.09 bits per heavy atom. The van der Waals surface area contributed by atoms with E-state index in [2.05, 4.69) is 16.7 Å². The molecule has 4 aromatic rings. The highest BCUT2D eigenvalue weighted by atomic mass is 32.2. The first kappa shape index (κ1) is 32.2. The first-order chi connectivity index (χ1) is 20.8. The minimum atomic E-state index is -3.61. The number of fused-ring (bicyclic) bond motifs is 1. The van der Waals surface area contributed by atoms with Gasteiger partial charge in [0.2, 0.25) is 10.0 Å². The number of rotatable bonds is 17. The van der Waals surface area contributed by atoms with E-state index in [1.165, 1.54) is 0 Å². The summed E-state index contributed by atoms with van der Waals surface area (Å²) in [5.74, 6) is 0.789. The molecule has 43 heavy (non-hydrogen) atoms. The van der Waals surface area contributed by atoms with Crippen molar-refractivity contribution in [1.82, 2.24) is 9.62 Å². The quantitative estimate of drug-likeness (QED) is 0.112. The molecule has 8 heteroatoms. The van der Waals surface area contributed by atoms with Crippen LogP contribution in [-0.2, 0) is 10.0 Å². The lowest BCUT2D eigenvalue weighted by Gasteiger charge is -2.18. The van der Waals surface area contributed by atoms with E-state index in [0.717, 1.165) is 67.4 Å². The molecule has 4 aromatic carbocycles. The molecule has 0 saturated heterocycles. The predicted molar refractivity (Wildman–Crippen MR) is 176 cm³/mol. The lowest BCUT2D eigenvalue weighted by atomic mass is 10.0. The number of unbranched alkanes of at least 4 members (excludes halogenated alkanes) is 3. The second-order valence-corrected chi connectivity index (χ2v) is 12.8. The first-order valence-corrected chi connectivity index (χ1v) is 16.4. The van der Waals surface area contributed by atoms with E-state index in [0.29, 0.717) is 29.2 Å². The van der Waals surface area contributed by atoms with E-state index >= 15 is 0 Å².